The van der Waals surface area contributed by atoms with E-state index in [4.69, 9.17) is 5.73 Å². The number of rotatable bonds is 2. The van der Waals surface area contributed by atoms with E-state index >= 15 is 0 Å². The first-order chi connectivity index (χ1) is 8.74. The van der Waals surface area contributed by atoms with Gasteiger partial charge in [0.1, 0.15) is 5.03 Å². The van der Waals surface area contributed by atoms with Crippen LogP contribution in [0.4, 0.5) is 5.69 Å². The summed E-state index contributed by atoms with van der Waals surface area (Å²) in [6, 6.07) is 7.59. The molecule has 0 aromatic carbocycles. The van der Waals surface area contributed by atoms with Gasteiger partial charge in [-0.2, -0.15) is 0 Å². The molecule has 90 valence electrons. The number of hydrogen-bond acceptors (Lipinski definition) is 5. The summed E-state index contributed by atoms with van der Waals surface area (Å²) in [6.07, 6.45) is 3.54. The second-order valence-corrected chi connectivity index (χ2v) is 5.38. The van der Waals surface area contributed by atoms with Gasteiger partial charge in [-0.1, -0.05) is 6.07 Å². The largest absolute Gasteiger partial charge is 0.397 e. The van der Waals surface area contributed by atoms with Crippen LogP contribution in [-0.2, 0) is 0 Å². The van der Waals surface area contributed by atoms with E-state index in [1.54, 1.807) is 6.20 Å². The first kappa shape index (κ1) is 11.5. The molecule has 0 amide bonds. The number of halogens is 1. The molecular weight excluding hydrogens is 314 g/mol. The number of hydrogen-bond donors (Lipinski definition) is 1. The maximum absolute atomic E-state index is 5.66. The van der Waals surface area contributed by atoms with E-state index in [-0.39, 0.29) is 0 Å². The fourth-order valence-electron chi connectivity index (χ4n) is 1.49. The SMILES string of the molecule is Nc1cnc(Sc2nnc3ccccn23)c(Br)c1. The third kappa shape index (κ3) is 2.06. The maximum Gasteiger partial charge on any atom is 0.201 e. The standard InChI is InChI=1S/C11H8BrN5S/c12-8-5-7(13)6-14-10(8)18-11-16-15-9-3-1-2-4-17(9)11/h1-6H,13H2. The fourth-order valence-corrected chi connectivity index (χ4v) is 2.87. The number of fused-ring (bicyclic) bond motifs is 1. The Bertz CT molecular complexity index is 711. The van der Waals surface area contributed by atoms with Crippen LogP contribution in [0.2, 0.25) is 0 Å². The highest BCUT2D eigenvalue weighted by molar-refractivity contribution is 9.10. The van der Waals surface area contributed by atoms with Crippen LogP contribution < -0.4 is 5.73 Å². The Kier molecular flexibility index (Phi) is 2.92. The van der Waals surface area contributed by atoms with Gasteiger partial charge in [0.2, 0.25) is 5.16 Å². The summed E-state index contributed by atoms with van der Waals surface area (Å²) in [5, 5.41) is 9.80. The number of pyridine rings is 2. The first-order valence-corrected chi connectivity index (χ1v) is 6.73. The molecule has 3 heterocycles. The molecule has 0 atom stereocenters. The predicted molar refractivity (Wildman–Crippen MR) is 73.5 cm³/mol. The lowest BCUT2D eigenvalue weighted by Gasteiger charge is -2.02. The van der Waals surface area contributed by atoms with Crippen LogP contribution in [-0.4, -0.2) is 19.6 Å². The molecule has 0 aliphatic rings. The third-order valence-corrected chi connectivity index (χ3v) is 4.15. The topological polar surface area (TPSA) is 69.1 Å². The molecule has 2 N–H and O–H groups in total. The predicted octanol–water partition coefficient (Wildman–Crippen LogP) is 2.62. The van der Waals surface area contributed by atoms with Crippen LogP contribution in [0.5, 0.6) is 0 Å². The number of anilines is 1. The van der Waals surface area contributed by atoms with Gasteiger partial charge < -0.3 is 5.73 Å². The molecule has 0 spiro atoms. The molecule has 0 unspecified atom stereocenters. The Morgan fingerprint density at radius 3 is 3.00 bits per heavy atom. The quantitative estimate of drug-likeness (QED) is 0.785. The number of nitrogens with two attached hydrogens (primary N) is 1. The van der Waals surface area contributed by atoms with E-state index in [0.717, 1.165) is 20.3 Å². The van der Waals surface area contributed by atoms with Gasteiger partial charge in [0.05, 0.1) is 16.4 Å². The molecule has 7 heteroatoms. The first-order valence-electron chi connectivity index (χ1n) is 5.13. The highest BCUT2D eigenvalue weighted by Crippen LogP contribution is 2.31. The average Bonchev–Trinajstić information content (AvgIpc) is 2.76. The minimum Gasteiger partial charge on any atom is -0.397 e. The number of nitrogens with zero attached hydrogens (tertiary/aromatic N) is 4. The summed E-state index contributed by atoms with van der Waals surface area (Å²) >= 11 is 4.87. The lowest BCUT2D eigenvalue weighted by molar-refractivity contribution is 0.916. The van der Waals surface area contributed by atoms with Crippen LogP contribution in [0.3, 0.4) is 0 Å². The number of aromatic nitrogens is 4. The zero-order valence-electron chi connectivity index (χ0n) is 9.12. The molecule has 0 aliphatic carbocycles. The molecule has 0 saturated heterocycles. The van der Waals surface area contributed by atoms with Crippen molar-refractivity contribution >= 4 is 39.0 Å². The highest BCUT2D eigenvalue weighted by atomic mass is 79.9. The normalized spacial score (nSPS) is 10.9. The van der Waals surface area contributed by atoms with Crippen molar-refractivity contribution in [2.45, 2.75) is 10.2 Å². The molecular formula is C11H8BrN5S. The van der Waals surface area contributed by atoms with Crippen LogP contribution in [0, 0.1) is 0 Å². The minimum atomic E-state index is 0.623. The van der Waals surface area contributed by atoms with E-state index in [2.05, 4.69) is 31.1 Å². The Morgan fingerprint density at radius 2 is 2.17 bits per heavy atom. The molecule has 0 aliphatic heterocycles. The zero-order chi connectivity index (χ0) is 12.5. The summed E-state index contributed by atoms with van der Waals surface area (Å²) in [5.74, 6) is 0. The molecule has 3 aromatic rings. The summed E-state index contributed by atoms with van der Waals surface area (Å²) in [5.41, 5.74) is 7.09. The van der Waals surface area contributed by atoms with Crippen molar-refractivity contribution in [3.8, 4) is 0 Å². The van der Waals surface area contributed by atoms with Crippen molar-refractivity contribution in [1.82, 2.24) is 19.6 Å². The second kappa shape index (κ2) is 4.58. The van der Waals surface area contributed by atoms with Gasteiger partial charge in [-0.3, -0.25) is 4.40 Å². The van der Waals surface area contributed by atoms with Gasteiger partial charge in [0, 0.05) is 6.20 Å². The van der Waals surface area contributed by atoms with Crippen molar-refractivity contribution in [3.63, 3.8) is 0 Å². The molecule has 3 aromatic heterocycles. The molecule has 3 rings (SSSR count). The van der Waals surface area contributed by atoms with E-state index < -0.39 is 0 Å². The molecule has 0 fully saturated rings. The van der Waals surface area contributed by atoms with Crippen LogP contribution in [0.1, 0.15) is 0 Å². The van der Waals surface area contributed by atoms with Crippen molar-refractivity contribution < 1.29 is 0 Å². The van der Waals surface area contributed by atoms with E-state index in [0.29, 0.717) is 5.69 Å². The maximum atomic E-state index is 5.66. The molecule has 0 radical (unpaired) electrons. The summed E-state index contributed by atoms with van der Waals surface area (Å²) in [6.45, 7) is 0. The molecule has 0 bridgehead atoms. The average molecular weight is 322 g/mol. The Balaban J connectivity index is 2.01. The van der Waals surface area contributed by atoms with Crippen molar-refractivity contribution in [3.05, 3.63) is 41.1 Å². The van der Waals surface area contributed by atoms with Gasteiger partial charge in [-0.15, -0.1) is 10.2 Å². The van der Waals surface area contributed by atoms with Crippen molar-refractivity contribution in [2.75, 3.05) is 5.73 Å². The zero-order valence-corrected chi connectivity index (χ0v) is 11.5. The monoisotopic (exact) mass is 321 g/mol. The summed E-state index contributed by atoms with van der Waals surface area (Å²) in [7, 11) is 0. The summed E-state index contributed by atoms with van der Waals surface area (Å²) < 4.78 is 2.76. The lowest BCUT2D eigenvalue weighted by atomic mass is 10.4. The third-order valence-electron chi connectivity index (χ3n) is 2.30. The Hall–Kier alpha value is -1.60. The Labute approximate surface area is 116 Å². The van der Waals surface area contributed by atoms with Gasteiger partial charge in [-0.25, -0.2) is 4.98 Å². The van der Waals surface area contributed by atoms with Gasteiger partial charge in [0.25, 0.3) is 0 Å². The van der Waals surface area contributed by atoms with Crippen LogP contribution >= 0.6 is 27.7 Å². The smallest absolute Gasteiger partial charge is 0.201 e. The van der Waals surface area contributed by atoms with Crippen molar-refractivity contribution in [2.24, 2.45) is 0 Å². The van der Waals surface area contributed by atoms with Gasteiger partial charge >= 0.3 is 0 Å². The van der Waals surface area contributed by atoms with Gasteiger partial charge in [-0.05, 0) is 45.9 Å². The van der Waals surface area contributed by atoms with E-state index in [9.17, 15) is 0 Å². The van der Waals surface area contributed by atoms with Crippen LogP contribution in [0.15, 0.2) is 51.3 Å². The molecule has 0 saturated carbocycles. The fraction of sp³-hybridized carbons (Fsp3) is 0. The summed E-state index contributed by atoms with van der Waals surface area (Å²) in [4.78, 5) is 4.27. The lowest BCUT2D eigenvalue weighted by Crippen LogP contribution is -1.91. The van der Waals surface area contributed by atoms with E-state index in [1.165, 1.54) is 11.8 Å². The van der Waals surface area contributed by atoms with Gasteiger partial charge in [0.15, 0.2) is 5.65 Å². The molecule has 5 nitrogen and oxygen atoms in total. The molecule has 18 heavy (non-hydrogen) atoms. The van der Waals surface area contributed by atoms with E-state index in [1.807, 2.05) is 34.9 Å². The van der Waals surface area contributed by atoms with Crippen molar-refractivity contribution in [1.29, 1.82) is 0 Å². The number of nitrogen functional groups attached to an aromatic ring is 1. The highest BCUT2D eigenvalue weighted by Gasteiger charge is 2.10. The van der Waals surface area contributed by atoms with Crippen LogP contribution in [0.25, 0.3) is 5.65 Å². The minimum absolute atomic E-state index is 0.623. The second-order valence-electron chi connectivity index (χ2n) is 3.57. The Morgan fingerprint density at radius 1 is 1.28 bits per heavy atom.